The van der Waals surface area contributed by atoms with Crippen LogP contribution in [0.4, 0.5) is 0 Å². The molecule has 0 bridgehead atoms. The highest BCUT2D eigenvalue weighted by Crippen LogP contribution is 2.46. The fourth-order valence-electron chi connectivity index (χ4n) is 4.02. The SMILES string of the molecule is CCCCCCOC(=O)C(C)NP(=O)(OC[C@H]1O[C@@H](n2cc(C)c(=O)[nH]c2=O)C[C@@H]1N=[N+]=[N-])Oc1ccccc1. The fourth-order valence-corrected chi connectivity index (χ4v) is 5.52. The summed E-state index contributed by atoms with van der Waals surface area (Å²) in [5.41, 5.74) is 8.14. The Balaban J connectivity index is 1.73. The third-order valence-electron chi connectivity index (χ3n) is 6.19. The number of carbonyl (C=O) groups is 1. The van der Waals surface area contributed by atoms with Gasteiger partial charge in [0.2, 0.25) is 0 Å². The highest BCUT2D eigenvalue weighted by molar-refractivity contribution is 7.52. The number of aromatic amines is 1. The van der Waals surface area contributed by atoms with Gasteiger partial charge in [-0.2, -0.15) is 5.09 Å². The van der Waals surface area contributed by atoms with E-state index in [2.05, 4.69) is 27.0 Å². The molecule has 15 heteroatoms. The number of carbonyl (C=O) groups excluding carboxylic acids is 1. The van der Waals surface area contributed by atoms with Crippen LogP contribution >= 0.6 is 7.75 Å². The summed E-state index contributed by atoms with van der Waals surface area (Å²) < 4.78 is 37.6. The van der Waals surface area contributed by atoms with Crippen molar-refractivity contribution in [1.82, 2.24) is 14.6 Å². The molecule has 2 N–H and O–H groups in total. The van der Waals surface area contributed by atoms with Crippen LogP contribution in [0.25, 0.3) is 10.4 Å². The number of aryl methyl sites for hydroxylation is 1. The number of nitrogens with zero attached hydrogens (tertiary/aromatic N) is 4. The smallest absolute Gasteiger partial charge is 0.459 e. The van der Waals surface area contributed by atoms with Crippen molar-refractivity contribution in [3.63, 3.8) is 0 Å². The molecule has 14 nitrogen and oxygen atoms in total. The Morgan fingerprint density at radius 3 is 2.75 bits per heavy atom. The Kier molecular flexibility index (Phi) is 11.5. The molecule has 1 aliphatic rings. The van der Waals surface area contributed by atoms with Gasteiger partial charge in [-0.3, -0.25) is 23.7 Å². The summed E-state index contributed by atoms with van der Waals surface area (Å²) >= 11 is 0. The van der Waals surface area contributed by atoms with Gasteiger partial charge in [0.15, 0.2) is 0 Å². The lowest BCUT2D eigenvalue weighted by Gasteiger charge is -2.25. The molecule has 40 heavy (non-hydrogen) atoms. The molecule has 5 atom stereocenters. The number of unbranched alkanes of at least 4 members (excludes halogenated alkanes) is 3. The number of aromatic nitrogens is 2. The monoisotopic (exact) mass is 578 g/mol. The van der Waals surface area contributed by atoms with E-state index in [4.69, 9.17) is 24.1 Å². The van der Waals surface area contributed by atoms with Crippen molar-refractivity contribution in [3.05, 3.63) is 73.4 Å². The van der Waals surface area contributed by atoms with Gasteiger partial charge in [0.25, 0.3) is 5.56 Å². The molecule has 2 heterocycles. The van der Waals surface area contributed by atoms with Crippen LogP contribution < -0.4 is 20.9 Å². The predicted molar refractivity (Wildman–Crippen MR) is 146 cm³/mol. The summed E-state index contributed by atoms with van der Waals surface area (Å²) in [6.07, 6.45) is 3.40. The number of azide groups is 1. The third kappa shape index (κ3) is 8.80. The Hall–Kier alpha value is -3.41. The van der Waals surface area contributed by atoms with Gasteiger partial charge in [-0.05, 0) is 37.9 Å². The molecule has 0 saturated carbocycles. The van der Waals surface area contributed by atoms with E-state index in [1.165, 1.54) is 24.6 Å². The summed E-state index contributed by atoms with van der Waals surface area (Å²) in [6.45, 7) is 4.97. The van der Waals surface area contributed by atoms with Gasteiger partial charge in [0.1, 0.15) is 18.0 Å². The lowest BCUT2D eigenvalue weighted by Crippen LogP contribution is -2.36. The van der Waals surface area contributed by atoms with Gasteiger partial charge in [-0.15, -0.1) is 0 Å². The molecular weight excluding hydrogens is 543 g/mol. The lowest BCUT2D eigenvalue weighted by atomic mass is 10.1. The van der Waals surface area contributed by atoms with Crippen molar-refractivity contribution >= 4 is 13.7 Å². The zero-order valence-corrected chi connectivity index (χ0v) is 23.6. The maximum Gasteiger partial charge on any atom is 0.459 e. The van der Waals surface area contributed by atoms with Gasteiger partial charge in [0, 0.05) is 23.1 Å². The Morgan fingerprint density at radius 1 is 1.30 bits per heavy atom. The fraction of sp³-hybridized carbons (Fsp3) is 0.560. The molecule has 3 rings (SSSR count). The van der Waals surface area contributed by atoms with Crippen LogP contribution in [-0.2, 0) is 23.4 Å². The number of rotatable bonds is 15. The molecule has 0 radical (unpaired) electrons. The molecule has 1 aromatic heterocycles. The molecule has 1 aromatic carbocycles. The van der Waals surface area contributed by atoms with Gasteiger partial charge in [0.05, 0.1) is 25.4 Å². The summed E-state index contributed by atoms with van der Waals surface area (Å²) in [4.78, 5) is 41.7. The van der Waals surface area contributed by atoms with E-state index in [1.54, 1.807) is 30.3 Å². The summed E-state index contributed by atoms with van der Waals surface area (Å²) in [5.74, 6) is -0.389. The van der Waals surface area contributed by atoms with Gasteiger partial charge >= 0.3 is 19.4 Å². The number of hydrogen-bond donors (Lipinski definition) is 2. The highest BCUT2D eigenvalue weighted by atomic mass is 31.2. The van der Waals surface area contributed by atoms with Crippen LogP contribution in [0.1, 0.15) is 57.7 Å². The number of nitrogens with one attached hydrogen (secondary N) is 2. The largest absolute Gasteiger partial charge is 0.465 e. The van der Waals surface area contributed by atoms with E-state index >= 15 is 0 Å². The maximum absolute atomic E-state index is 13.8. The number of esters is 1. The molecule has 1 fully saturated rings. The number of para-hydroxylation sites is 1. The first-order valence-corrected chi connectivity index (χ1v) is 14.7. The standard InChI is InChI=1S/C25H35N6O8P/c1-4-5-6-10-13-36-24(33)18(3)29-40(35,39-19-11-8-7-9-12-19)37-16-21-20(28-30-26)14-22(38-21)31-15-17(2)23(32)27-25(31)34/h7-9,11-12,15,18,20-22H,4-6,10,13-14,16H2,1-3H3,(H,29,35)(H,27,32,34)/t18?,20-,21+,22+,40?/m0/s1. The van der Waals surface area contributed by atoms with E-state index < -0.39 is 49.4 Å². The number of hydrogen-bond acceptors (Lipinski definition) is 9. The first-order valence-electron chi connectivity index (χ1n) is 13.1. The van der Waals surface area contributed by atoms with E-state index in [0.717, 1.165) is 25.7 Å². The van der Waals surface area contributed by atoms with Crippen molar-refractivity contribution in [3.8, 4) is 5.75 Å². The lowest BCUT2D eigenvalue weighted by molar-refractivity contribution is -0.145. The molecule has 2 unspecified atom stereocenters. The Morgan fingerprint density at radius 2 is 2.05 bits per heavy atom. The Bertz CT molecular complexity index is 1340. The van der Waals surface area contributed by atoms with Crippen LogP contribution in [-0.4, -0.2) is 46.9 Å². The zero-order valence-electron chi connectivity index (χ0n) is 22.7. The maximum atomic E-state index is 13.8. The highest BCUT2D eigenvalue weighted by Gasteiger charge is 2.40. The van der Waals surface area contributed by atoms with E-state index in [-0.39, 0.29) is 25.4 Å². The topological polar surface area (TPSA) is 187 Å². The summed E-state index contributed by atoms with van der Waals surface area (Å²) in [5, 5.41) is 6.36. The molecule has 0 spiro atoms. The molecule has 1 saturated heterocycles. The van der Waals surface area contributed by atoms with Gasteiger partial charge in [-0.1, -0.05) is 49.5 Å². The zero-order chi connectivity index (χ0) is 29.1. The molecule has 1 aliphatic heterocycles. The van der Waals surface area contributed by atoms with Crippen molar-refractivity contribution in [2.75, 3.05) is 13.2 Å². The van der Waals surface area contributed by atoms with Crippen LogP contribution in [0.3, 0.4) is 0 Å². The molecule has 0 amide bonds. The van der Waals surface area contributed by atoms with E-state index in [1.807, 2.05) is 0 Å². The van der Waals surface area contributed by atoms with Gasteiger partial charge in [-0.25, -0.2) is 9.36 Å². The molecule has 2 aromatic rings. The first kappa shape index (κ1) is 31.1. The quantitative estimate of drug-likeness (QED) is 0.0783. The minimum absolute atomic E-state index is 0.0987. The van der Waals surface area contributed by atoms with Crippen molar-refractivity contribution < 1.29 is 27.9 Å². The molecular formula is C25H35N6O8P. The third-order valence-corrected chi connectivity index (χ3v) is 7.83. The van der Waals surface area contributed by atoms with Crippen molar-refractivity contribution in [2.24, 2.45) is 5.11 Å². The van der Waals surface area contributed by atoms with Crippen LogP contribution in [0.5, 0.6) is 5.75 Å². The normalized spacial score (nSPS) is 20.7. The number of H-pyrrole nitrogens is 1. The number of ether oxygens (including phenoxy) is 2. The Labute approximate surface area is 231 Å². The van der Waals surface area contributed by atoms with Crippen LogP contribution in [0, 0.1) is 6.92 Å². The summed E-state index contributed by atoms with van der Waals surface area (Å²) in [6, 6.07) is 6.44. The van der Waals surface area contributed by atoms with Crippen molar-refractivity contribution in [1.29, 1.82) is 0 Å². The van der Waals surface area contributed by atoms with E-state index in [0.29, 0.717) is 5.56 Å². The summed E-state index contributed by atoms with van der Waals surface area (Å²) in [7, 11) is -4.20. The second-order valence-electron chi connectivity index (χ2n) is 9.39. The van der Waals surface area contributed by atoms with Crippen LogP contribution in [0.15, 0.2) is 51.2 Å². The average molecular weight is 579 g/mol. The molecule has 0 aliphatic carbocycles. The van der Waals surface area contributed by atoms with E-state index in [9.17, 15) is 18.9 Å². The predicted octanol–water partition coefficient (Wildman–Crippen LogP) is 4.12. The number of benzene rings is 1. The minimum atomic E-state index is -4.20. The van der Waals surface area contributed by atoms with Crippen molar-refractivity contribution in [2.45, 2.75) is 77.3 Å². The molecule has 218 valence electrons. The average Bonchev–Trinajstić information content (AvgIpc) is 3.32. The minimum Gasteiger partial charge on any atom is -0.465 e. The van der Waals surface area contributed by atoms with Gasteiger partial charge < -0.3 is 14.0 Å². The first-order chi connectivity index (χ1) is 19.2. The second-order valence-corrected chi connectivity index (χ2v) is 11.1. The second kappa shape index (κ2) is 14.8. The van der Waals surface area contributed by atoms with Crippen LogP contribution in [0.2, 0.25) is 0 Å².